The van der Waals surface area contributed by atoms with Crippen molar-refractivity contribution in [1.29, 1.82) is 0 Å². The van der Waals surface area contributed by atoms with Gasteiger partial charge in [-0.1, -0.05) is 29.4 Å². The van der Waals surface area contributed by atoms with E-state index >= 15 is 0 Å². The van der Waals surface area contributed by atoms with E-state index in [9.17, 15) is 17.6 Å². The quantitative estimate of drug-likeness (QED) is 0.573. The van der Waals surface area contributed by atoms with Gasteiger partial charge in [0, 0.05) is 18.2 Å². The van der Waals surface area contributed by atoms with Gasteiger partial charge in [0.05, 0.1) is 12.1 Å². The van der Waals surface area contributed by atoms with Crippen molar-refractivity contribution in [3.8, 4) is 11.4 Å². The van der Waals surface area contributed by atoms with E-state index in [1.165, 1.54) is 18.2 Å². The van der Waals surface area contributed by atoms with Crippen LogP contribution in [0.15, 0.2) is 53.1 Å². The predicted molar refractivity (Wildman–Crippen MR) is 106 cm³/mol. The molecule has 1 aliphatic heterocycles. The van der Waals surface area contributed by atoms with Crippen molar-refractivity contribution < 1.29 is 22.1 Å². The topological polar surface area (TPSA) is 54.2 Å². The first-order valence-corrected chi connectivity index (χ1v) is 10.1. The molecule has 1 aromatic heterocycles. The molecule has 5 nitrogen and oxygen atoms in total. The molecule has 4 rings (SSSR count). The number of nitrogens with zero attached hydrogens (tertiary/aromatic N) is 3. The van der Waals surface area contributed by atoms with Crippen LogP contribution >= 0.6 is 0 Å². The van der Waals surface area contributed by atoms with Gasteiger partial charge >= 0.3 is 6.18 Å². The molecule has 0 atom stereocenters. The van der Waals surface area contributed by atoms with E-state index in [2.05, 4.69) is 20.4 Å². The first-order chi connectivity index (χ1) is 14.9. The van der Waals surface area contributed by atoms with Crippen LogP contribution in [-0.4, -0.2) is 34.2 Å². The summed E-state index contributed by atoms with van der Waals surface area (Å²) in [5.74, 6) is 0.428. The Hall–Kier alpha value is -2.78. The maximum atomic E-state index is 13.3. The number of alkyl halides is 3. The molecule has 164 valence electrons. The molecule has 3 aromatic rings. The average molecular weight is 434 g/mol. The highest BCUT2D eigenvalue weighted by atomic mass is 19.4. The van der Waals surface area contributed by atoms with Gasteiger partial charge in [0.15, 0.2) is 0 Å². The Balaban J connectivity index is 1.25. The Morgan fingerprint density at radius 1 is 1.06 bits per heavy atom. The average Bonchev–Trinajstić information content (AvgIpc) is 3.22. The summed E-state index contributed by atoms with van der Waals surface area (Å²) in [6, 6.07) is 11.6. The maximum absolute atomic E-state index is 13.3. The Morgan fingerprint density at radius 3 is 2.48 bits per heavy atom. The standard InChI is InChI=1S/C22H22F4N4O/c23-18-3-1-2-15(12-18)14-30-10-8-19(9-11-30)27-13-20-28-21(29-31-20)16-4-6-17(7-5-16)22(24,25)26/h1-7,12,19,27H,8-11,13-14H2. The summed E-state index contributed by atoms with van der Waals surface area (Å²) in [5.41, 5.74) is 0.715. The van der Waals surface area contributed by atoms with Crippen LogP contribution in [0.25, 0.3) is 11.4 Å². The van der Waals surface area contributed by atoms with Crippen molar-refractivity contribution in [1.82, 2.24) is 20.4 Å². The fraction of sp³-hybridized carbons (Fsp3) is 0.364. The van der Waals surface area contributed by atoms with Crippen LogP contribution in [0.2, 0.25) is 0 Å². The van der Waals surface area contributed by atoms with E-state index in [1.54, 1.807) is 12.1 Å². The molecule has 31 heavy (non-hydrogen) atoms. The van der Waals surface area contributed by atoms with E-state index in [0.717, 1.165) is 50.2 Å². The van der Waals surface area contributed by atoms with Crippen molar-refractivity contribution in [2.45, 2.75) is 38.1 Å². The number of benzene rings is 2. The van der Waals surface area contributed by atoms with Gasteiger partial charge in [-0.15, -0.1) is 0 Å². The van der Waals surface area contributed by atoms with Crippen molar-refractivity contribution >= 4 is 0 Å². The maximum Gasteiger partial charge on any atom is 0.416 e. The third-order valence-electron chi connectivity index (χ3n) is 5.36. The summed E-state index contributed by atoms with van der Waals surface area (Å²) in [7, 11) is 0. The summed E-state index contributed by atoms with van der Waals surface area (Å²) in [4.78, 5) is 6.56. The van der Waals surface area contributed by atoms with Gasteiger partial charge in [-0.3, -0.25) is 4.90 Å². The molecule has 1 N–H and O–H groups in total. The molecule has 0 unspecified atom stereocenters. The zero-order valence-corrected chi connectivity index (χ0v) is 16.7. The van der Waals surface area contributed by atoms with E-state index in [-0.39, 0.29) is 11.6 Å². The smallest absolute Gasteiger partial charge is 0.338 e. The van der Waals surface area contributed by atoms with E-state index in [1.807, 2.05) is 6.07 Å². The molecule has 0 saturated carbocycles. The number of halogens is 4. The van der Waals surface area contributed by atoms with E-state index < -0.39 is 11.7 Å². The van der Waals surface area contributed by atoms with Gasteiger partial charge in [-0.25, -0.2) is 4.39 Å². The van der Waals surface area contributed by atoms with Crippen molar-refractivity contribution in [3.63, 3.8) is 0 Å². The van der Waals surface area contributed by atoms with E-state index in [4.69, 9.17) is 4.52 Å². The van der Waals surface area contributed by atoms with Gasteiger partial charge in [0.25, 0.3) is 0 Å². The molecule has 1 aliphatic rings. The lowest BCUT2D eigenvalue weighted by Crippen LogP contribution is -2.41. The fourth-order valence-corrected chi connectivity index (χ4v) is 3.67. The van der Waals surface area contributed by atoms with Gasteiger partial charge in [-0.05, 0) is 55.8 Å². The number of piperidine rings is 1. The lowest BCUT2D eigenvalue weighted by Gasteiger charge is -2.32. The molecule has 2 heterocycles. The number of hydrogen-bond donors (Lipinski definition) is 1. The minimum Gasteiger partial charge on any atom is -0.338 e. The van der Waals surface area contributed by atoms with Crippen molar-refractivity contribution in [2.24, 2.45) is 0 Å². The van der Waals surface area contributed by atoms with Crippen LogP contribution in [-0.2, 0) is 19.3 Å². The zero-order chi connectivity index (χ0) is 21.8. The number of likely N-dealkylation sites (tertiary alicyclic amines) is 1. The summed E-state index contributed by atoms with van der Waals surface area (Å²) in [6.07, 6.45) is -2.50. The SMILES string of the molecule is Fc1cccc(CN2CCC(NCc3nc(-c4ccc(C(F)(F)F)cc4)no3)CC2)c1. The molecular formula is C22H22F4N4O. The second kappa shape index (κ2) is 9.15. The largest absolute Gasteiger partial charge is 0.416 e. The first-order valence-electron chi connectivity index (χ1n) is 10.1. The molecule has 1 fully saturated rings. The second-order valence-electron chi connectivity index (χ2n) is 7.65. The van der Waals surface area contributed by atoms with Crippen molar-refractivity contribution in [2.75, 3.05) is 13.1 Å². The van der Waals surface area contributed by atoms with Crippen LogP contribution in [0.1, 0.15) is 29.9 Å². The van der Waals surface area contributed by atoms with Crippen LogP contribution in [0.4, 0.5) is 17.6 Å². The Morgan fingerprint density at radius 2 is 1.81 bits per heavy atom. The molecule has 0 aliphatic carbocycles. The predicted octanol–water partition coefficient (Wildman–Crippen LogP) is 4.65. The summed E-state index contributed by atoms with van der Waals surface area (Å²) in [6.45, 7) is 2.91. The third-order valence-corrected chi connectivity index (χ3v) is 5.36. The lowest BCUT2D eigenvalue weighted by molar-refractivity contribution is -0.137. The minimum atomic E-state index is -4.38. The third kappa shape index (κ3) is 5.68. The molecule has 0 bridgehead atoms. The number of rotatable bonds is 6. The zero-order valence-electron chi connectivity index (χ0n) is 16.7. The van der Waals surface area contributed by atoms with Crippen LogP contribution in [0.3, 0.4) is 0 Å². The molecule has 0 radical (unpaired) electrons. The molecule has 2 aromatic carbocycles. The van der Waals surface area contributed by atoms with Crippen LogP contribution in [0, 0.1) is 5.82 Å². The Kier molecular flexibility index (Phi) is 6.33. The molecular weight excluding hydrogens is 412 g/mol. The minimum absolute atomic E-state index is 0.218. The van der Waals surface area contributed by atoms with E-state index in [0.29, 0.717) is 24.0 Å². The highest BCUT2D eigenvalue weighted by molar-refractivity contribution is 5.54. The van der Waals surface area contributed by atoms with Crippen molar-refractivity contribution in [3.05, 3.63) is 71.4 Å². The van der Waals surface area contributed by atoms with Crippen LogP contribution < -0.4 is 5.32 Å². The normalized spacial score (nSPS) is 16.0. The Labute approximate surface area is 177 Å². The monoisotopic (exact) mass is 434 g/mol. The molecule has 1 saturated heterocycles. The number of nitrogens with one attached hydrogen (secondary N) is 1. The van der Waals surface area contributed by atoms with Gasteiger partial charge in [-0.2, -0.15) is 18.2 Å². The fourth-order valence-electron chi connectivity index (χ4n) is 3.67. The molecule has 9 heteroatoms. The van der Waals surface area contributed by atoms with Gasteiger partial charge in [0.1, 0.15) is 5.82 Å². The first kappa shape index (κ1) is 21.5. The van der Waals surface area contributed by atoms with Crippen LogP contribution in [0.5, 0.6) is 0 Å². The summed E-state index contributed by atoms with van der Waals surface area (Å²) >= 11 is 0. The van der Waals surface area contributed by atoms with Gasteiger partial charge < -0.3 is 9.84 Å². The molecule has 0 amide bonds. The molecule has 0 spiro atoms. The number of hydrogen-bond acceptors (Lipinski definition) is 5. The highest BCUT2D eigenvalue weighted by Crippen LogP contribution is 2.30. The lowest BCUT2D eigenvalue weighted by atomic mass is 10.0. The van der Waals surface area contributed by atoms with Gasteiger partial charge in [0.2, 0.25) is 11.7 Å². The second-order valence-corrected chi connectivity index (χ2v) is 7.65. The highest BCUT2D eigenvalue weighted by Gasteiger charge is 2.30. The number of aromatic nitrogens is 2. The Bertz CT molecular complexity index is 995. The summed E-state index contributed by atoms with van der Waals surface area (Å²) < 4.78 is 56.6. The summed E-state index contributed by atoms with van der Waals surface area (Å²) in [5, 5.41) is 7.26.